The van der Waals surface area contributed by atoms with Crippen molar-refractivity contribution < 1.29 is 13.2 Å². The number of sulfonamides is 1. The lowest BCUT2D eigenvalue weighted by Gasteiger charge is -2.10. The molecule has 8 heteroatoms. The van der Waals surface area contributed by atoms with Crippen LogP contribution in [-0.4, -0.2) is 15.0 Å². The van der Waals surface area contributed by atoms with Crippen LogP contribution in [0.5, 0.6) is 5.75 Å². The van der Waals surface area contributed by atoms with Crippen molar-refractivity contribution in [2.75, 3.05) is 17.1 Å². The SMILES string of the molecule is CCCOc1ccc(NS(=O)(=O)c2cc(N)cs2)cc1Cl. The summed E-state index contributed by atoms with van der Waals surface area (Å²) in [6.45, 7) is 2.54. The molecule has 0 radical (unpaired) electrons. The van der Waals surface area contributed by atoms with Gasteiger partial charge < -0.3 is 10.5 Å². The van der Waals surface area contributed by atoms with Crippen LogP contribution in [0.2, 0.25) is 5.02 Å². The molecule has 0 aliphatic rings. The zero-order valence-electron chi connectivity index (χ0n) is 11.3. The van der Waals surface area contributed by atoms with Gasteiger partial charge in [0.25, 0.3) is 10.0 Å². The Morgan fingerprint density at radius 1 is 1.38 bits per heavy atom. The van der Waals surface area contributed by atoms with E-state index in [0.29, 0.717) is 28.8 Å². The predicted molar refractivity (Wildman–Crippen MR) is 86.8 cm³/mol. The second kappa shape index (κ2) is 6.55. The van der Waals surface area contributed by atoms with E-state index in [1.165, 1.54) is 12.1 Å². The van der Waals surface area contributed by atoms with Crippen LogP contribution < -0.4 is 15.2 Å². The summed E-state index contributed by atoms with van der Waals surface area (Å²) in [4.78, 5) is 0. The molecular formula is C13H15ClN2O3S2. The fraction of sp³-hybridized carbons (Fsp3) is 0.231. The van der Waals surface area contributed by atoms with Crippen LogP contribution in [0.25, 0.3) is 0 Å². The van der Waals surface area contributed by atoms with Gasteiger partial charge in [-0.05, 0) is 30.7 Å². The molecule has 0 fully saturated rings. The second-order valence-electron chi connectivity index (χ2n) is 4.30. The monoisotopic (exact) mass is 346 g/mol. The van der Waals surface area contributed by atoms with Crippen molar-refractivity contribution in [3.8, 4) is 5.75 Å². The maximum atomic E-state index is 12.2. The number of halogens is 1. The molecule has 2 rings (SSSR count). The van der Waals surface area contributed by atoms with Gasteiger partial charge in [0.05, 0.1) is 17.3 Å². The van der Waals surface area contributed by atoms with Gasteiger partial charge in [0.15, 0.2) is 0 Å². The number of hydrogen-bond donors (Lipinski definition) is 2. The quantitative estimate of drug-likeness (QED) is 0.837. The highest BCUT2D eigenvalue weighted by Gasteiger charge is 2.17. The molecule has 5 nitrogen and oxygen atoms in total. The maximum Gasteiger partial charge on any atom is 0.271 e. The number of rotatable bonds is 6. The van der Waals surface area contributed by atoms with Crippen LogP contribution in [0.3, 0.4) is 0 Å². The molecule has 114 valence electrons. The number of anilines is 2. The third-order valence-corrected chi connectivity index (χ3v) is 5.64. The van der Waals surface area contributed by atoms with E-state index in [9.17, 15) is 8.42 Å². The Labute approximate surface area is 132 Å². The van der Waals surface area contributed by atoms with Gasteiger partial charge in [-0.25, -0.2) is 8.42 Å². The van der Waals surface area contributed by atoms with E-state index < -0.39 is 10.0 Å². The predicted octanol–water partition coefficient (Wildman–Crippen LogP) is 3.57. The molecule has 0 aliphatic heterocycles. The highest BCUT2D eigenvalue weighted by atomic mass is 35.5. The van der Waals surface area contributed by atoms with Gasteiger partial charge >= 0.3 is 0 Å². The van der Waals surface area contributed by atoms with Crippen LogP contribution in [-0.2, 0) is 10.0 Å². The average molecular weight is 347 g/mol. The van der Waals surface area contributed by atoms with E-state index in [1.54, 1.807) is 17.5 Å². The Bertz CT molecular complexity index is 729. The maximum absolute atomic E-state index is 12.2. The summed E-state index contributed by atoms with van der Waals surface area (Å²) in [7, 11) is -3.65. The van der Waals surface area contributed by atoms with Crippen molar-refractivity contribution in [2.45, 2.75) is 17.6 Å². The molecule has 1 heterocycles. The van der Waals surface area contributed by atoms with Gasteiger partial charge in [-0.3, -0.25) is 4.72 Å². The van der Waals surface area contributed by atoms with Gasteiger partial charge in [0, 0.05) is 11.1 Å². The van der Waals surface area contributed by atoms with Crippen molar-refractivity contribution in [2.24, 2.45) is 0 Å². The standard InChI is InChI=1S/C13H15ClN2O3S2/c1-2-5-19-12-4-3-10(7-11(12)14)16-21(17,18)13-6-9(15)8-20-13/h3-4,6-8,16H,2,5,15H2,1H3. The zero-order chi connectivity index (χ0) is 15.5. The van der Waals surface area contributed by atoms with Crippen molar-refractivity contribution >= 4 is 44.3 Å². The Morgan fingerprint density at radius 2 is 2.14 bits per heavy atom. The Morgan fingerprint density at radius 3 is 2.71 bits per heavy atom. The van der Waals surface area contributed by atoms with E-state index in [-0.39, 0.29) is 4.21 Å². The molecule has 0 saturated carbocycles. The number of ether oxygens (including phenoxy) is 1. The van der Waals surface area contributed by atoms with E-state index in [2.05, 4.69) is 4.72 Å². The summed E-state index contributed by atoms with van der Waals surface area (Å²) in [5.74, 6) is 0.529. The number of nitrogen functional groups attached to an aromatic ring is 1. The fourth-order valence-corrected chi connectivity index (χ4v) is 3.93. The fourth-order valence-electron chi connectivity index (χ4n) is 1.57. The first-order valence-electron chi connectivity index (χ1n) is 6.21. The minimum atomic E-state index is -3.65. The minimum Gasteiger partial charge on any atom is -0.492 e. The normalized spacial score (nSPS) is 11.3. The molecule has 0 aliphatic carbocycles. The lowest BCUT2D eigenvalue weighted by Crippen LogP contribution is -2.11. The summed E-state index contributed by atoms with van der Waals surface area (Å²) in [6.07, 6.45) is 0.866. The van der Waals surface area contributed by atoms with E-state index in [4.69, 9.17) is 22.1 Å². The highest BCUT2D eigenvalue weighted by molar-refractivity contribution is 7.94. The summed E-state index contributed by atoms with van der Waals surface area (Å²) < 4.78 is 32.4. The van der Waals surface area contributed by atoms with Gasteiger partial charge in [0.1, 0.15) is 9.96 Å². The Balaban J connectivity index is 2.18. The summed E-state index contributed by atoms with van der Waals surface area (Å²) >= 11 is 7.13. The molecule has 0 spiro atoms. The van der Waals surface area contributed by atoms with Crippen molar-refractivity contribution in [1.82, 2.24) is 0 Å². The molecule has 0 saturated heterocycles. The minimum absolute atomic E-state index is 0.155. The van der Waals surface area contributed by atoms with Crippen molar-refractivity contribution in [3.05, 3.63) is 34.7 Å². The van der Waals surface area contributed by atoms with E-state index >= 15 is 0 Å². The lowest BCUT2D eigenvalue weighted by molar-refractivity contribution is 0.317. The second-order valence-corrected chi connectivity index (χ2v) is 7.53. The molecule has 21 heavy (non-hydrogen) atoms. The molecule has 1 aromatic carbocycles. The van der Waals surface area contributed by atoms with Crippen LogP contribution in [0, 0.1) is 0 Å². The third kappa shape index (κ3) is 4.03. The first-order valence-corrected chi connectivity index (χ1v) is 8.95. The number of hydrogen-bond acceptors (Lipinski definition) is 5. The number of nitrogens with two attached hydrogens (primary N) is 1. The third-order valence-electron chi connectivity index (χ3n) is 2.51. The number of benzene rings is 1. The Kier molecular flexibility index (Phi) is 4.97. The van der Waals surface area contributed by atoms with Crippen molar-refractivity contribution in [1.29, 1.82) is 0 Å². The van der Waals surface area contributed by atoms with Gasteiger partial charge in [-0.15, -0.1) is 11.3 Å². The highest BCUT2D eigenvalue weighted by Crippen LogP contribution is 2.30. The molecule has 0 amide bonds. The van der Waals surface area contributed by atoms with Crippen LogP contribution in [0.15, 0.2) is 33.9 Å². The Hall–Kier alpha value is -1.44. The van der Waals surface area contributed by atoms with E-state index in [1.807, 2.05) is 6.92 Å². The van der Waals surface area contributed by atoms with Crippen molar-refractivity contribution in [3.63, 3.8) is 0 Å². The first-order chi connectivity index (χ1) is 9.92. The molecular weight excluding hydrogens is 332 g/mol. The summed E-state index contributed by atoms with van der Waals surface area (Å²) in [5.41, 5.74) is 6.33. The number of thiophene rings is 1. The van der Waals surface area contributed by atoms with Crippen LogP contribution in [0.1, 0.15) is 13.3 Å². The molecule has 2 aromatic rings. The average Bonchev–Trinajstić information content (AvgIpc) is 2.85. The van der Waals surface area contributed by atoms with Gasteiger partial charge in [0.2, 0.25) is 0 Å². The largest absolute Gasteiger partial charge is 0.492 e. The number of nitrogens with one attached hydrogen (secondary N) is 1. The van der Waals surface area contributed by atoms with Crippen LogP contribution in [0.4, 0.5) is 11.4 Å². The zero-order valence-corrected chi connectivity index (χ0v) is 13.7. The smallest absolute Gasteiger partial charge is 0.271 e. The summed E-state index contributed by atoms with van der Waals surface area (Å²) in [6, 6.07) is 6.17. The summed E-state index contributed by atoms with van der Waals surface area (Å²) in [5, 5.41) is 1.93. The first kappa shape index (κ1) is 15.9. The molecule has 0 unspecified atom stereocenters. The molecule has 1 aromatic heterocycles. The van der Waals surface area contributed by atoms with Gasteiger partial charge in [-0.1, -0.05) is 18.5 Å². The molecule has 3 N–H and O–H groups in total. The lowest BCUT2D eigenvalue weighted by atomic mass is 10.3. The molecule has 0 atom stereocenters. The van der Waals surface area contributed by atoms with Gasteiger partial charge in [-0.2, -0.15) is 0 Å². The van der Waals surface area contributed by atoms with Crippen LogP contribution >= 0.6 is 22.9 Å². The molecule has 0 bridgehead atoms. The van der Waals surface area contributed by atoms with E-state index in [0.717, 1.165) is 17.8 Å². The topological polar surface area (TPSA) is 81.4 Å².